The molecule has 4 aromatic rings. The summed E-state index contributed by atoms with van der Waals surface area (Å²) in [6.07, 6.45) is 0. The number of morpholine rings is 1. The molecule has 3 N–H and O–H groups in total. The van der Waals surface area contributed by atoms with E-state index in [0.717, 1.165) is 37.6 Å². The van der Waals surface area contributed by atoms with Gasteiger partial charge in [0.25, 0.3) is 11.9 Å². The summed E-state index contributed by atoms with van der Waals surface area (Å²) < 4.78 is 26.5. The van der Waals surface area contributed by atoms with E-state index >= 15 is 4.39 Å². The van der Waals surface area contributed by atoms with Gasteiger partial charge >= 0.3 is 0 Å². The highest BCUT2D eigenvalue weighted by Crippen LogP contribution is 2.34. The molecule has 6 rings (SSSR count). The van der Waals surface area contributed by atoms with E-state index in [1.165, 1.54) is 12.1 Å². The van der Waals surface area contributed by atoms with Crippen LogP contribution in [0, 0.1) is 5.82 Å². The average molecular weight is 531 g/mol. The molecule has 3 aromatic carbocycles. The molecule has 0 radical (unpaired) electrons. The molecular formula is C29H31FN6O3. The summed E-state index contributed by atoms with van der Waals surface area (Å²) in [5.41, 5.74) is 11.3. The zero-order valence-electron chi connectivity index (χ0n) is 21.8. The number of halogens is 1. The number of piperazine rings is 1. The number of hydrogen-bond donors (Lipinski definition) is 2. The fourth-order valence-corrected chi connectivity index (χ4v) is 5.11. The highest BCUT2D eigenvalue weighted by molar-refractivity contribution is 5.96. The minimum atomic E-state index is -0.574. The van der Waals surface area contributed by atoms with E-state index in [1.54, 1.807) is 11.0 Å². The van der Waals surface area contributed by atoms with Gasteiger partial charge in [-0.05, 0) is 49.0 Å². The second-order valence-electron chi connectivity index (χ2n) is 9.96. The number of oxazole rings is 1. The molecule has 202 valence electrons. The van der Waals surface area contributed by atoms with Gasteiger partial charge in [-0.2, -0.15) is 4.98 Å². The number of fused-ring (bicyclic) bond motifs is 1. The van der Waals surface area contributed by atoms with Crippen LogP contribution in [0.2, 0.25) is 0 Å². The van der Waals surface area contributed by atoms with Crippen molar-refractivity contribution >= 4 is 40.1 Å². The smallest absolute Gasteiger partial charge is 0.300 e. The van der Waals surface area contributed by atoms with Crippen molar-refractivity contribution in [2.75, 3.05) is 75.5 Å². The van der Waals surface area contributed by atoms with Crippen LogP contribution in [0.3, 0.4) is 0 Å². The molecule has 1 aromatic heterocycles. The lowest BCUT2D eigenvalue weighted by Gasteiger charge is -2.34. The van der Waals surface area contributed by atoms with E-state index in [0.29, 0.717) is 60.2 Å². The molecule has 0 spiro atoms. The number of aromatic nitrogens is 1. The summed E-state index contributed by atoms with van der Waals surface area (Å²) >= 11 is 0. The number of rotatable bonds is 5. The predicted molar refractivity (Wildman–Crippen MR) is 150 cm³/mol. The molecule has 0 saturated carbocycles. The van der Waals surface area contributed by atoms with Gasteiger partial charge < -0.3 is 34.9 Å². The van der Waals surface area contributed by atoms with Gasteiger partial charge in [0.2, 0.25) is 0 Å². The van der Waals surface area contributed by atoms with E-state index < -0.39 is 5.82 Å². The number of likely N-dealkylation sites (N-methyl/N-ethyl adjacent to an activating group) is 1. The molecule has 0 unspecified atom stereocenters. The average Bonchev–Trinajstić information content (AvgIpc) is 3.36. The minimum absolute atomic E-state index is 0.0466. The van der Waals surface area contributed by atoms with Gasteiger partial charge in [0.15, 0.2) is 5.58 Å². The first-order valence-electron chi connectivity index (χ1n) is 13.1. The van der Waals surface area contributed by atoms with Crippen molar-refractivity contribution in [3.05, 3.63) is 66.0 Å². The summed E-state index contributed by atoms with van der Waals surface area (Å²) in [4.78, 5) is 23.6. The number of benzene rings is 3. The summed E-state index contributed by atoms with van der Waals surface area (Å²) in [5.74, 6) is -0.903. The fraction of sp³-hybridized carbons (Fsp3) is 0.310. The van der Waals surface area contributed by atoms with Crippen LogP contribution in [-0.2, 0) is 4.74 Å². The Labute approximate surface area is 225 Å². The summed E-state index contributed by atoms with van der Waals surface area (Å²) in [6.45, 7) is 5.71. The number of para-hydroxylation sites is 1. The Morgan fingerprint density at radius 2 is 1.79 bits per heavy atom. The minimum Gasteiger partial charge on any atom is -0.423 e. The van der Waals surface area contributed by atoms with E-state index in [2.05, 4.69) is 27.1 Å². The molecule has 2 aliphatic rings. The number of nitrogen functional groups attached to an aromatic ring is 1. The second kappa shape index (κ2) is 10.5. The Morgan fingerprint density at radius 1 is 1.00 bits per heavy atom. The number of nitrogens with one attached hydrogen (secondary N) is 1. The van der Waals surface area contributed by atoms with E-state index in [-0.39, 0.29) is 11.5 Å². The molecule has 0 bridgehead atoms. The summed E-state index contributed by atoms with van der Waals surface area (Å²) in [6, 6.07) is 16.3. The monoisotopic (exact) mass is 530 g/mol. The van der Waals surface area contributed by atoms with Crippen LogP contribution in [0.15, 0.2) is 59.0 Å². The molecule has 2 fully saturated rings. The van der Waals surface area contributed by atoms with E-state index in [9.17, 15) is 4.79 Å². The lowest BCUT2D eigenvalue weighted by atomic mass is 10.0. The normalized spacial score (nSPS) is 16.6. The molecule has 1 amide bonds. The number of nitrogens with zero attached hydrogens (tertiary/aromatic N) is 4. The van der Waals surface area contributed by atoms with Crippen molar-refractivity contribution in [1.29, 1.82) is 0 Å². The fourth-order valence-electron chi connectivity index (χ4n) is 5.11. The molecule has 39 heavy (non-hydrogen) atoms. The van der Waals surface area contributed by atoms with Crippen LogP contribution in [0.4, 0.5) is 27.5 Å². The van der Waals surface area contributed by atoms with Gasteiger partial charge in [-0.3, -0.25) is 4.79 Å². The Kier molecular flexibility index (Phi) is 6.80. The molecule has 2 saturated heterocycles. The lowest BCUT2D eigenvalue weighted by molar-refractivity contribution is 0.0300. The molecule has 3 heterocycles. The maximum absolute atomic E-state index is 15.1. The van der Waals surface area contributed by atoms with Crippen molar-refractivity contribution in [3.63, 3.8) is 0 Å². The third-order valence-electron chi connectivity index (χ3n) is 7.35. The third kappa shape index (κ3) is 5.13. The summed E-state index contributed by atoms with van der Waals surface area (Å²) in [5, 5.41) is 3.20. The SMILES string of the molecule is CN1CCN(c2ccc(Nc3nc4cccc(-c5ccc(C(=O)N6CCOCC6)c(F)c5)c4o3)cc2N)CC1. The standard InChI is InChI=1S/C29H31FN6O3/c1-34-9-11-35(12-10-34)26-8-6-20(18-24(26)31)32-29-33-25-4-2-3-21(27(25)39-29)19-5-7-22(23(30)17-19)28(37)36-13-15-38-16-14-36/h2-8,17-18H,9-16,31H2,1H3,(H,32,33). The number of ether oxygens (including phenoxy) is 1. The first-order chi connectivity index (χ1) is 19.0. The number of amides is 1. The predicted octanol–water partition coefficient (Wildman–Crippen LogP) is 4.18. The van der Waals surface area contributed by atoms with E-state index in [4.69, 9.17) is 14.9 Å². The van der Waals surface area contributed by atoms with Crippen molar-refractivity contribution in [2.45, 2.75) is 0 Å². The second-order valence-corrected chi connectivity index (χ2v) is 9.96. The van der Waals surface area contributed by atoms with Crippen molar-refractivity contribution in [1.82, 2.24) is 14.8 Å². The van der Waals surface area contributed by atoms with Crippen molar-refractivity contribution < 1.29 is 18.3 Å². The molecule has 9 nitrogen and oxygen atoms in total. The molecule has 0 atom stereocenters. The van der Waals surface area contributed by atoms with Crippen LogP contribution < -0.4 is 16.0 Å². The van der Waals surface area contributed by atoms with Gasteiger partial charge in [-0.15, -0.1) is 0 Å². The Morgan fingerprint density at radius 3 is 2.54 bits per heavy atom. The quantitative estimate of drug-likeness (QED) is 0.371. The Bertz CT molecular complexity index is 1510. The van der Waals surface area contributed by atoms with Gasteiger partial charge in [0, 0.05) is 50.5 Å². The maximum atomic E-state index is 15.1. The van der Waals surface area contributed by atoms with Crippen LogP contribution in [0.25, 0.3) is 22.2 Å². The zero-order valence-corrected chi connectivity index (χ0v) is 21.8. The molecule has 2 aliphatic heterocycles. The lowest BCUT2D eigenvalue weighted by Crippen LogP contribution is -2.44. The van der Waals surface area contributed by atoms with E-state index in [1.807, 2.05) is 36.4 Å². The van der Waals surface area contributed by atoms with Crippen LogP contribution in [-0.4, -0.2) is 80.2 Å². The van der Waals surface area contributed by atoms with Gasteiger partial charge in [-0.25, -0.2) is 4.39 Å². The van der Waals surface area contributed by atoms with Crippen LogP contribution in [0.1, 0.15) is 10.4 Å². The Balaban J connectivity index is 1.23. The van der Waals surface area contributed by atoms with Crippen LogP contribution >= 0.6 is 0 Å². The van der Waals surface area contributed by atoms with Crippen molar-refractivity contribution in [2.24, 2.45) is 0 Å². The van der Waals surface area contributed by atoms with Gasteiger partial charge in [0.05, 0.1) is 30.2 Å². The van der Waals surface area contributed by atoms with Crippen molar-refractivity contribution in [3.8, 4) is 11.1 Å². The number of hydrogen-bond acceptors (Lipinski definition) is 8. The number of carbonyl (C=O) groups excluding carboxylic acids is 1. The molecule has 0 aliphatic carbocycles. The zero-order chi connectivity index (χ0) is 26.9. The Hall–Kier alpha value is -4.15. The van der Waals surface area contributed by atoms with Gasteiger partial charge in [-0.1, -0.05) is 18.2 Å². The number of nitrogens with two attached hydrogens (primary N) is 1. The van der Waals surface area contributed by atoms with Gasteiger partial charge in [0.1, 0.15) is 11.3 Å². The number of anilines is 4. The highest BCUT2D eigenvalue weighted by atomic mass is 19.1. The maximum Gasteiger partial charge on any atom is 0.300 e. The summed E-state index contributed by atoms with van der Waals surface area (Å²) in [7, 11) is 2.12. The molecular weight excluding hydrogens is 499 g/mol. The van der Waals surface area contributed by atoms with Crippen LogP contribution in [0.5, 0.6) is 0 Å². The first-order valence-corrected chi connectivity index (χ1v) is 13.1. The molecule has 10 heteroatoms. The third-order valence-corrected chi connectivity index (χ3v) is 7.35. The topological polar surface area (TPSA) is 100 Å². The first kappa shape index (κ1) is 25.1. The number of carbonyl (C=O) groups is 1. The largest absolute Gasteiger partial charge is 0.423 e. The highest BCUT2D eigenvalue weighted by Gasteiger charge is 2.22.